The van der Waals surface area contributed by atoms with Crippen LogP contribution in [-0.4, -0.2) is 46.8 Å². The van der Waals surface area contributed by atoms with Gasteiger partial charge in [0.2, 0.25) is 5.91 Å². The van der Waals surface area contributed by atoms with Crippen LogP contribution >= 0.6 is 11.6 Å². The predicted octanol–water partition coefficient (Wildman–Crippen LogP) is 2.19. The molecule has 0 N–H and O–H groups in total. The lowest BCUT2D eigenvalue weighted by atomic mass is 10.1. The van der Waals surface area contributed by atoms with Gasteiger partial charge in [-0.3, -0.25) is 9.59 Å². The molecule has 0 unspecified atom stereocenters. The summed E-state index contributed by atoms with van der Waals surface area (Å²) in [4.78, 5) is 28.2. The van der Waals surface area contributed by atoms with Gasteiger partial charge in [0.15, 0.2) is 0 Å². The first kappa shape index (κ1) is 17.5. The molecule has 1 aromatic heterocycles. The van der Waals surface area contributed by atoms with E-state index in [0.29, 0.717) is 36.9 Å². The van der Waals surface area contributed by atoms with E-state index in [-0.39, 0.29) is 17.4 Å². The summed E-state index contributed by atoms with van der Waals surface area (Å²) in [5, 5.41) is 5.09. The average molecular weight is 361 g/mol. The SMILES string of the molecule is CC(C)C(=O)N1CCN(c2ccc(=O)n(-c3ccc(Cl)cc3)n2)CC1. The first-order chi connectivity index (χ1) is 12.0. The number of carbonyl (C=O) groups is 1. The number of anilines is 1. The third-order valence-corrected chi connectivity index (χ3v) is 4.52. The standard InChI is InChI=1S/C18H21ClN4O2/c1-13(2)18(25)22-11-9-21(10-12-22)16-7-8-17(24)23(20-16)15-5-3-14(19)4-6-15/h3-8,13H,9-12H2,1-2H3. The monoisotopic (exact) mass is 360 g/mol. The molecule has 6 nitrogen and oxygen atoms in total. The molecular formula is C18H21ClN4O2. The Morgan fingerprint density at radius 2 is 1.68 bits per heavy atom. The number of amides is 1. The van der Waals surface area contributed by atoms with Crippen molar-refractivity contribution < 1.29 is 4.79 Å². The minimum absolute atomic E-state index is 0.0106. The third-order valence-electron chi connectivity index (χ3n) is 4.27. The van der Waals surface area contributed by atoms with Gasteiger partial charge in [-0.05, 0) is 30.3 Å². The number of hydrogen-bond donors (Lipinski definition) is 0. The zero-order chi connectivity index (χ0) is 18.0. The molecule has 3 rings (SSSR count). The Bertz CT molecular complexity index is 809. The molecule has 0 saturated carbocycles. The van der Waals surface area contributed by atoms with E-state index in [2.05, 4.69) is 10.00 Å². The van der Waals surface area contributed by atoms with Gasteiger partial charge in [0.05, 0.1) is 5.69 Å². The first-order valence-electron chi connectivity index (χ1n) is 8.36. The summed E-state index contributed by atoms with van der Waals surface area (Å²) >= 11 is 5.91. The molecule has 1 aliphatic rings. The van der Waals surface area contributed by atoms with Crippen molar-refractivity contribution >= 4 is 23.3 Å². The Morgan fingerprint density at radius 3 is 2.28 bits per heavy atom. The molecule has 0 atom stereocenters. The fraction of sp³-hybridized carbons (Fsp3) is 0.389. The Kier molecular flexibility index (Phi) is 5.08. The fourth-order valence-electron chi connectivity index (χ4n) is 2.86. The van der Waals surface area contributed by atoms with Crippen LogP contribution in [0, 0.1) is 5.92 Å². The van der Waals surface area contributed by atoms with Gasteiger partial charge in [-0.1, -0.05) is 25.4 Å². The number of carbonyl (C=O) groups excluding carboxylic acids is 1. The number of rotatable bonds is 3. The van der Waals surface area contributed by atoms with Crippen molar-refractivity contribution in [2.75, 3.05) is 31.1 Å². The molecule has 25 heavy (non-hydrogen) atoms. The van der Waals surface area contributed by atoms with Crippen molar-refractivity contribution in [1.82, 2.24) is 14.7 Å². The molecular weight excluding hydrogens is 340 g/mol. The van der Waals surface area contributed by atoms with Gasteiger partial charge in [0.25, 0.3) is 5.56 Å². The normalized spacial score (nSPS) is 14.9. The number of halogens is 1. The molecule has 0 radical (unpaired) electrons. The molecule has 1 amide bonds. The molecule has 0 spiro atoms. The van der Waals surface area contributed by atoms with Crippen LogP contribution in [0.25, 0.3) is 5.69 Å². The van der Waals surface area contributed by atoms with Crippen molar-refractivity contribution in [2.45, 2.75) is 13.8 Å². The first-order valence-corrected chi connectivity index (χ1v) is 8.73. The minimum atomic E-state index is -0.195. The van der Waals surface area contributed by atoms with Crippen molar-refractivity contribution in [3.05, 3.63) is 51.8 Å². The largest absolute Gasteiger partial charge is 0.352 e. The minimum Gasteiger partial charge on any atom is -0.352 e. The van der Waals surface area contributed by atoms with E-state index in [1.54, 1.807) is 30.3 Å². The summed E-state index contributed by atoms with van der Waals surface area (Å²) in [5.41, 5.74) is 0.476. The van der Waals surface area contributed by atoms with Gasteiger partial charge in [-0.15, -0.1) is 5.10 Å². The van der Waals surface area contributed by atoms with Crippen LogP contribution in [0.2, 0.25) is 5.02 Å². The molecule has 1 aromatic carbocycles. The van der Waals surface area contributed by atoms with Crippen molar-refractivity contribution in [1.29, 1.82) is 0 Å². The molecule has 0 bridgehead atoms. The lowest BCUT2D eigenvalue weighted by molar-refractivity contribution is -0.134. The highest BCUT2D eigenvalue weighted by Gasteiger charge is 2.23. The Morgan fingerprint density at radius 1 is 1.04 bits per heavy atom. The summed E-state index contributed by atoms with van der Waals surface area (Å²) in [7, 11) is 0. The maximum absolute atomic E-state index is 12.2. The summed E-state index contributed by atoms with van der Waals surface area (Å²) in [5.74, 6) is 0.918. The number of aromatic nitrogens is 2. The third kappa shape index (κ3) is 3.85. The molecule has 2 aromatic rings. The van der Waals surface area contributed by atoms with Crippen LogP contribution in [0.15, 0.2) is 41.2 Å². The highest BCUT2D eigenvalue weighted by atomic mass is 35.5. The summed E-state index contributed by atoms with van der Waals surface area (Å²) in [6.07, 6.45) is 0. The molecule has 0 aliphatic carbocycles. The quantitative estimate of drug-likeness (QED) is 0.842. The van der Waals surface area contributed by atoms with Gasteiger partial charge in [-0.2, -0.15) is 4.68 Å². The van der Waals surface area contributed by atoms with Gasteiger partial charge in [-0.25, -0.2) is 0 Å². The molecule has 1 fully saturated rings. The van der Waals surface area contributed by atoms with Crippen LogP contribution in [0.4, 0.5) is 5.82 Å². The molecule has 132 valence electrons. The smallest absolute Gasteiger partial charge is 0.271 e. The van der Waals surface area contributed by atoms with E-state index in [0.717, 1.165) is 5.82 Å². The topological polar surface area (TPSA) is 58.4 Å². The highest BCUT2D eigenvalue weighted by molar-refractivity contribution is 6.30. The Balaban J connectivity index is 1.78. The van der Waals surface area contributed by atoms with Crippen LogP contribution in [0.1, 0.15) is 13.8 Å². The van der Waals surface area contributed by atoms with Gasteiger partial charge < -0.3 is 9.80 Å². The van der Waals surface area contributed by atoms with Gasteiger partial charge in [0, 0.05) is 43.2 Å². The lowest BCUT2D eigenvalue weighted by Gasteiger charge is -2.36. The fourth-order valence-corrected chi connectivity index (χ4v) is 2.98. The molecule has 1 aliphatic heterocycles. The number of benzene rings is 1. The summed E-state index contributed by atoms with van der Waals surface area (Å²) < 4.78 is 1.37. The zero-order valence-electron chi connectivity index (χ0n) is 14.4. The van der Waals surface area contributed by atoms with Crippen molar-refractivity contribution in [3.63, 3.8) is 0 Å². The number of nitrogens with zero attached hydrogens (tertiary/aromatic N) is 4. The number of piperazine rings is 1. The second kappa shape index (κ2) is 7.27. The Hall–Kier alpha value is -2.34. The maximum atomic E-state index is 12.2. The number of hydrogen-bond acceptors (Lipinski definition) is 4. The molecule has 7 heteroatoms. The lowest BCUT2D eigenvalue weighted by Crippen LogP contribution is -2.50. The van der Waals surface area contributed by atoms with E-state index < -0.39 is 0 Å². The second-order valence-corrected chi connectivity index (χ2v) is 6.82. The summed E-state index contributed by atoms with van der Waals surface area (Å²) in [6.45, 7) is 6.56. The second-order valence-electron chi connectivity index (χ2n) is 6.39. The van der Waals surface area contributed by atoms with Crippen LogP contribution < -0.4 is 10.5 Å². The van der Waals surface area contributed by atoms with E-state index in [4.69, 9.17) is 11.6 Å². The average Bonchev–Trinajstić information content (AvgIpc) is 2.62. The van der Waals surface area contributed by atoms with E-state index in [1.165, 1.54) is 10.7 Å². The Labute approximate surface area is 151 Å². The predicted molar refractivity (Wildman–Crippen MR) is 98.5 cm³/mol. The zero-order valence-corrected chi connectivity index (χ0v) is 15.1. The molecule has 2 heterocycles. The maximum Gasteiger partial charge on any atom is 0.271 e. The van der Waals surface area contributed by atoms with Crippen molar-refractivity contribution in [3.8, 4) is 5.69 Å². The van der Waals surface area contributed by atoms with Crippen LogP contribution in [0.5, 0.6) is 0 Å². The van der Waals surface area contributed by atoms with Gasteiger partial charge in [0.1, 0.15) is 5.82 Å². The highest BCUT2D eigenvalue weighted by Crippen LogP contribution is 2.16. The molecule has 1 saturated heterocycles. The van der Waals surface area contributed by atoms with E-state index in [9.17, 15) is 9.59 Å². The van der Waals surface area contributed by atoms with Crippen LogP contribution in [-0.2, 0) is 4.79 Å². The van der Waals surface area contributed by atoms with Crippen LogP contribution in [0.3, 0.4) is 0 Å². The summed E-state index contributed by atoms with van der Waals surface area (Å²) in [6, 6.07) is 10.2. The van der Waals surface area contributed by atoms with E-state index in [1.807, 2.05) is 18.7 Å². The van der Waals surface area contributed by atoms with E-state index >= 15 is 0 Å². The van der Waals surface area contributed by atoms with Gasteiger partial charge >= 0.3 is 0 Å². The van der Waals surface area contributed by atoms with Crippen molar-refractivity contribution in [2.24, 2.45) is 5.92 Å².